The van der Waals surface area contributed by atoms with Gasteiger partial charge in [0.05, 0.1) is 0 Å². The zero-order valence-electron chi connectivity index (χ0n) is 8.97. The summed E-state index contributed by atoms with van der Waals surface area (Å²) in [5.74, 6) is 0.567. The van der Waals surface area contributed by atoms with Crippen LogP contribution >= 0.6 is 11.6 Å². The van der Waals surface area contributed by atoms with Crippen LogP contribution in [0.2, 0.25) is 5.15 Å². The predicted octanol–water partition coefficient (Wildman–Crippen LogP) is 3.01. The van der Waals surface area contributed by atoms with Gasteiger partial charge >= 0.3 is 0 Å². The molecule has 0 aliphatic heterocycles. The maximum Gasteiger partial charge on any atom is 0.221 e. The molecule has 0 bridgehead atoms. The van der Waals surface area contributed by atoms with E-state index in [4.69, 9.17) is 16.3 Å². The molecule has 0 radical (unpaired) electrons. The van der Waals surface area contributed by atoms with E-state index in [0.717, 1.165) is 12.0 Å². The van der Waals surface area contributed by atoms with Crippen molar-refractivity contribution in [3.05, 3.63) is 17.0 Å². The van der Waals surface area contributed by atoms with E-state index in [1.165, 1.54) is 6.33 Å². The number of rotatable bonds is 3. The Morgan fingerprint density at radius 3 is 2.64 bits per heavy atom. The van der Waals surface area contributed by atoms with Crippen LogP contribution in [0.25, 0.3) is 0 Å². The molecule has 1 heterocycles. The van der Waals surface area contributed by atoms with Gasteiger partial charge < -0.3 is 4.74 Å². The lowest BCUT2D eigenvalue weighted by Gasteiger charge is -2.24. The van der Waals surface area contributed by atoms with E-state index in [9.17, 15) is 0 Å². The SMILES string of the molecule is CCC(C)(C)Oc1ncnc(Cl)c1C. The average molecular weight is 215 g/mol. The maximum atomic E-state index is 5.85. The highest BCUT2D eigenvalue weighted by Crippen LogP contribution is 2.25. The quantitative estimate of drug-likeness (QED) is 0.726. The van der Waals surface area contributed by atoms with Crippen molar-refractivity contribution in [3.8, 4) is 5.88 Å². The second kappa shape index (κ2) is 4.13. The van der Waals surface area contributed by atoms with Crippen LogP contribution in [0, 0.1) is 6.92 Å². The summed E-state index contributed by atoms with van der Waals surface area (Å²) in [6.07, 6.45) is 2.32. The van der Waals surface area contributed by atoms with E-state index >= 15 is 0 Å². The molecule has 0 unspecified atom stereocenters. The molecule has 78 valence electrons. The van der Waals surface area contributed by atoms with Gasteiger partial charge in [-0.05, 0) is 27.2 Å². The van der Waals surface area contributed by atoms with Gasteiger partial charge in [0.25, 0.3) is 0 Å². The average Bonchev–Trinajstić information content (AvgIpc) is 2.13. The summed E-state index contributed by atoms with van der Waals surface area (Å²) in [4.78, 5) is 7.92. The highest BCUT2D eigenvalue weighted by molar-refractivity contribution is 6.30. The first-order chi connectivity index (χ1) is 6.46. The van der Waals surface area contributed by atoms with Gasteiger partial charge in [-0.1, -0.05) is 18.5 Å². The van der Waals surface area contributed by atoms with Gasteiger partial charge in [-0.25, -0.2) is 9.97 Å². The van der Waals surface area contributed by atoms with Crippen LogP contribution in [-0.2, 0) is 0 Å². The minimum Gasteiger partial charge on any atom is -0.471 e. The second-order valence-electron chi connectivity index (χ2n) is 3.81. The molecule has 14 heavy (non-hydrogen) atoms. The van der Waals surface area contributed by atoms with E-state index in [1.54, 1.807) is 0 Å². The fraction of sp³-hybridized carbons (Fsp3) is 0.600. The Hall–Kier alpha value is -0.830. The number of aromatic nitrogens is 2. The van der Waals surface area contributed by atoms with E-state index < -0.39 is 0 Å². The zero-order chi connectivity index (χ0) is 10.8. The molecule has 0 saturated heterocycles. The lowest BCUT2D eigenvalue weighted by Crippen LogP contribution is -2.27. The first-order valence-electron chi connectivity index (χ1n) is 4.62. The molecule has 0 spiro atoms. The largest absolute Gasteiger partial charge is 0.471 e. The van der Waals surface area contributed by atoms with Gasteiger partial charge in [0.1, 0.15) is 17.1 Å². The molecule has 4 heteroatoms. The fourth-order valence-corrected chi connectivity index (χ4v) is 0.975. The Balaban J connectivity index is 2.92. The van der Waals surface area contributed by atoms with Crippen molar-refractivity contribution < 1.29 is 4.74 Å². The third-order valence-corrected chi connectivity index (χ3v) is 2.58. The first-order valence-corrected chi connectivity index (χ1v) is 5.00. The smallest absolute Gasteiger partial charge is 0.221 e. The molecule has 0 aliphatic rings. The topological polar surface area (TPSA) is 35.0 Å². The monoisotopic (exact) mass is 214 g/mol. The third-order valence-electron chi connectivity index (χ3n) is 2.20. The number of hydrogen-bond acceptors (Lipinski definition) is 3. The number of hydrogen-bond donors (Lipinski definition) is 0. The minimum absolute atomic E-state index is 0.220. The fourth-order valence-electron chi connectivity index (χ4n) is 0.851. The highest BCUT2D eigenvalue weighted by Gasteiger charge is 2.19. The normalized spacial score (nSPS) is 11.5. The summed E-state index contributed by atoms with van der Waals surface area (Å²) >= 11 is 5.85. The molecule has 0 atom stereocenters. The minimum atomic E-state index is -0.220. The van der Waals surface area contributed by atoms with Crippen LogP contribution in [-0.4, -0.2) is 15.6 Å². The van der Waals surface area contributed by atoms with Gasteiger partial charge in [0, 0.05) is 5.56 Å². The molecular weight excluding hydrogens is 200 g/mol. The molecule has 1 aromatic rings. The summed E-state index contributed by atoms with van der Waals surface area (Å²) in [6.45, 7) is 7.95. The van der Waals surface area contributed by atoms with Gasteiger partial charge in [-0.2, -0.15) is 0 Å². The number of halogens is 1. The van der Waals surface area contributed by atoms with Crippen molar-refractivity contribution in [2.75, 3.05) is 0 Å². The Labute approximate surface area is 89.5 Å². The second-order valence-corrected chi connectivity index (χ2v) is 4.17. The third kappa shape index (κ3) is 2.58. The van der Waals surface area contributed by atoms with Crippen molar-refractivity contribution >= 4 is 11.6 Å². The van der Waals surface area contributed by atoms with Gasteiger partial charge in [-0.3, -0.25) is 0 Å². The number of nitrogens with zero attached hydrogens (tertiary/aromatic N) is 2. The molecule has 0 aliphatic carbocycles. The lowest BCUT2D eigenvalue weighted by atomic mass is 10.1. The highest BCUT2D eigenvalue weighted by atomic mass is 35.5. The summed E-state index contributed by atoms with van der Waals surface area (Å²) in [7, 11) is 0. The molecule has 3 nitrogen and oxygen atoms in total. The van der Waals surface area contributed by atoms with E-state index in [0.29, 0.717) is 11.0 Å². The van der Waals surface area contributed by atoms with Crippen molar-refractivity contribution in [1.29, 1.82) is 0 Å². The zero-order valence-corrected chi connectivity index (χ0v) is 9.72. The molecule has 0 aromatic carbocycles. The summed E-state index contributed by atoms with van der Waals surface area (Å²) in [5.41, 5.74) is 0.568. The molecule has 1 aromatic heterocycles. The lowest BCUT2D eigenvalue weighted by molar-refractivity contribution is 0.0978. The summed E-state index contributed by atoms with van der Waals surface area (Å²) < 4.78 is 5.73. The maximum absolute atomic E-state index is 5.85. The molecule has 1 rings (SSSR count). The predicted molar refractivity (Wildman–Crippen MR) is 56.8 cm³/mol. The Kier molecular flexibility index (Phi) is 3.32. The summed E-state index contributed by atoms with van der Waals surface area (Å²) in [5, 5.41) is 0.446. The van der Waals surface area contributed by atoms with E-state index in [1.807, 2.05) is 20.8 Å². The van der Waals surface area contributed by atoms with Gasteiger partial charge in [0.15, 0.2) is 0 Å². The van der Waals surface area contributed by atoms with Crippen molar-refractivity contribution in [3.63, 3.8) is 0 Å². The van der Waals surface area contributed by atoms with Gasteiger partial charge in [0.2, 0.25) is 5.88 Å². The Morgan fingerprint density at radius 2 is 2.07 bits per heavy atom. The van der Waals surface area contributed by atoms with E-state index in [2.05, 4.69) is 16.9 Å². The van der Waals surface area contributed by atoms with Gasteiger partial charge in [-0.15, -0.1) is 0 Å². The van der Waals surface area contributed by atoms with Crippen LogP contribution in [0.15, 0.2) is 6.33 Å². The molecule has 0 N–H and O–H groups in total. The van der Waals surface area contributed by atoms with Crippen LogP contribution < -0.4 is 4.74 Å². The van der Waals surface area contributed by atoms with E-state index in [-0.39, 0.29) is 5.60 Å². The Morgan fingerprint density at radius 1 is 1.43 bits per heavy atom. The van der Waals surface area contributed by atoms with Crippen LogP contribution in [0.4, 0.5) is 0 Å². The van der Waals surface area contributed by atoms with Crippen molar-refractivity contribution in [2.45, 2.75) is 39.7 Å². The van der Waals surface area contributed by atoms with Crippen LogP contribution in [0.3, 0.4) is 0 Å². The van der Waals surface area contributed by atoms with Crippen LogP contribution in [0.5, 0.6) is 5.88 Å². The number of ether oxygens (including phenoxy) is 1. The standard InChI is InChI=1S/C10H15ClN2O/c1-5-10(3,4)14-9-7(2)8(11)12-6-13-9/h6H,5H2,1-4H3. The molecule has 0 saturated carbocycles. The Bertz CT molecular complexity index is 326. The molecule has 0 amide bonds. The van der Waals surface area contributed by atoms with Crippen molar-refractivity contribution in [1.82, 2.24) is 9.97 Å². The molecule has 0 fully saturated rings. The van der Waals surface area contributed by atoms with Crippen LogP contribution in [0.1, 0.15) is 32.8 Å². The van der Waals surface area contributed by atoms with Crippen molar-refractivity contribution in [2.24, 2.45) is 0 Å². The summed E-state index contributed by atoms with van der Waals surface area (Å²) in [6, 6.07) is 0. The first kappa shape index (κ1) is 11.2. The molecular formula is C10H15ClN2O.